The summed E-state index contributed by atoms with van der Waals surface area (Å²) in [5, 5.41) is 8.09. The van der Waals surface area contributed by atoms with Crippen molar-refractivity contribution in [1.29, 1.82) is 0 Å². The molecule has 1 atom stereocenters. The molecule has 1 N–H and O–H groups in total. The number of hydrogen-bond donors (Lipinski definition) is 1. The van der Waals surface area contributed by atoms with Gasteiger partial charge in [-0.1, -0.05) is 6.92 Å². The molecule has 0 saturated heterocycles. The summed E-state index contributed by atoms with van der Waals surface area (Å²) < 4.78 is 2.09. The van der Waals surface area contributed by atoms with E-state index in [2.05, 4.69) is 53.8 Å². The normalized spacial score (nSPS) is 12.8. The van der Waals surface area contributed by atoms with Gasteiger partial charge < -0.3 is 5.32 Å². The van der Waals surface area contributed by atoms with E-state index in [9.17, 15) is 0 Å². The van der Waals surface area contributed by atoms with Crippen molar-refractivity contribution in [2.24, 2.45) is 0 Å². The first-order chi connectivity index (χ1) is 9.15. The molecule has 0 bridgehead atoms. The van der Waals surface area contributed by atoms with Gasteiger partial charge in [0, 0.05) is 29.6 Å². The summed E-state index contributed by atoms with van der Waals surface area (Å²) >= 11 is 1.73. The highest BCUT2D eigenvalue weighted by Gasteiger charge is 2.18. The molecule has 0 aliphatic carbocycles. The van der Waals surface area contributed by atoms with E-state index < -0.39 is 0 Å². The van der Waals surface area contributed by atoms with Crippen LogP contribution in [-0.2, 0) is 13.0 Å². The molecule has 1 unspecified atom stereocenters. The first-order valence-corrected chi connectivity index (χ1v) is 7.70. The molecular weight excluding hydrogens is 256 g/mol. The summed E-state index contributed by atoms with van der Waals surface area (Å²) in [6.07, 6.45) is 0.964. The van der Waals surface area contributed by atoms with Gasteiger partial charge in [0.2, 0.25) is 0 Å². The Labute approximate surface area is 118 Å². The van der Waals surface area contributed by atoms with Crippen LogP contribution in [0.25, 0.3) is 0 Å². The van der Waals surface area contributed by atoms with Gasteiger partial charge in [0.25, 0.3) is 0 Å². The smallest absolute Gasteiger partial charge is 0.0798 e. The second-order valence-corrected chi connectivity index (χ2v) is 5.60. The second kappa shape index (κ2) is 6.30. The lowest BCUT2D eigenvalue weighted by molar-refractivity contribution is 0.520. The summed E-state index contributed by atoms with van der Waals surface area (Å²) in [4.78, 5) is 5.70. The summed E-state index contributed by atoms with van der Waals surface area (Å²) in [5.41, 5.74) is 5.44. The van der Waals surface area contributed by atoms with Crippen LogP contribution >= 0.6 is 11.3 Å². The molecule has 2 aromatic rings. The molecule has 0 aromatic carbocycles. The molecule has 0 spiro atoms. The zero-order chi connectivity index (χ0) is 13.8. The van der Waals surface area contributed by atoms with Gasteiger partial charge in [0.05, 0.1) is 16.9 Å². The van der Waals surface area contributed by atoms with Crippen molar-refractivity contribution in [3.8, 4) is 0 Å². The zero-order valence-electron chi connectivity index (χ0n) is 12.1. The molecule has 2 aromatic heterocycles. The van der Waals surface area contributed by atoms with Gasteiger partial charge in [-0.05, 0) is 33.4 Å². The van der Waals surface area contributed by atoms with Gasteiger partial charge in [-0.15, -0.1) is 11.3 Å². The fourth-order valence-corrected chi connectivity index (χ4v) is 3.27. The van der Waals surface area contributed by atoms with Crippen molar-refractivity contribution in [3.05, 3.63) is 33.5 Å². The molecule has 4 nitrogen and oxygen atoms in total. The monoisotopic (exact) mass is 278 g/mol. The molecule has 0 saturated carbocycles. The van der Waals surface area contributed by atoms with E-state index in [1.54, 1.807) is 11.3 Å². The lowest BCUT2D eigenvalue weighted by Crippen LogP contribution is -2.24. The Morgan fingerprint density at radius 2 is 2.16 bits per heavy atom. The van der Waals surface area contributed by atoms with E-state index in [1.165, 1.54) is 10.6 Å². The lowest BCUT2D eigenvalue weighted by Gasteiger charge is -2.17. The zero-order valence-corrected chi connectivity index (χ0v) is 12.9. The van der Waals surface area contributed by atoms with Crippen LogP contribution in [-0.4, -0.2) is 21.3 Å². The van der Waals surface area contributed by atoms with E-state index in [1.807, 2.05) is 5.51 Å². The predicted molar refractivity (Wildman–Crippen MR) is 79.6 cm³/mol. The van der Waals surface area contributed by atoms with Crippen molar-refractivity contribution in [2.75, 3.05) is 6.54 Å². The van der Waals surface area contributed by atoms with E-state index in [0.717, 1.165) is 30.9 Å². The number of rotatable bonds is 6. The van der Waals surface area contributed by atoms with Crippen molar-refractivity contribution in [2.45, 2.75) is 46.7 Å². The molecule has 2 heterocycles. The number of nitrogens with zero attached hydrogens (tertiary/aromatic N) is 3. The van der Waals surface area contributed by atoms with Crippen LogP contribution in [0.3, 0.4) is 0 Å². The van der Waals surface area contributed by atoms with Gasteiger partial charge in [-0.25, -0.2) is 4.98 Å². The maximum atomic E-state index is 4.52. The minimum Gasteiger partial charge on any atom is -0.309 e. The van der Waals surface area contributed by atoms with E-state index >= 15 is 0 Å². The van der Waals surface area contributed by atoms with Crippen LogP contribution in [0.5, 0.6) is 0 Å². The SMILES string of the molecule is CCNC(Cc1cc(C)nn1CC)c1scnc1C. The molecule has 19 heavy (non-hydrogen) atoms. The number of nitrogens with one attached hydrogen (secondary N) is 1. The molecular formula is C14H22N4S. The van der Waals surface area contributed by atoms with Crippen molar-refractivity contribution < 1.29 is 0 Å². The second-order valence-electron chi connectivity index (χ2n) is 4.71. The summed E-state index contributed by atoms with van der Waals surface area (Å²) in [5.74, 6) is 0. The Hall–Kier alpha value is -1.20. The van der Waals surface area contributed by atoms with E-state index in [0.29, 0.717) is 6.04 Å². The van der Waals surface area contributed by atoms with Crippen molar-refractivity contribution in [3.63, 3.8) is 0 Å². The standard InChI is InChI=1S/C14H22N4S/c1-5-15-13(14-11(4)16-9-19-14)8-12-7-10(3)17-18(12)6-2/h7,9,13,15H,5-6,8H2,1-4H3. The van der Waals surface area contributed by atoms with Gasteiger partial charge in [-0.3, -0.25) is 4.68 Å². The quantitative estimate of drug-likeness (QED) is 0.883. The van der Waals surface area contributed by atoms with Crippen LogP contribution < -0.4 is 5.32 Å². The van der Waals surface area contributed by atoms with Gasteiger partial charge in [0.15, 0.2) is 0 Å². The van der Waals surface area contributed by atoms with Crippen LogP contribution in [0.2, 0.25) is 0 Å². The number of thiazole rings is 1. The van der Waals surface area contributed by atoms with Crippen LogP contribution in [0.4, 0.5) is 0 Å². The van der Waals surface area contributed by atoms with Crippen molar-refractivity contribution >= 4 is 11.3 Å². The van der Waals surface area contributed by atoms with Crippen molar-refractivity contribution in [1.82, 2.24) is 20.1 Å². The molecule has 0 radical (unpaired) electrons. The Balaban J connectivity index is 2.23. The maximum Gasteiger partial charge on any atom is 0.0798 e. The van der Waals surface area contributed by atoms with E-state index in [-0.39, 0.29) is 0 Å². The third-order valence-electron chi connectivity index (χ3n) is 3.25. The van der Waals surface area contributed by atoms with Crippen LogP contribution in [0, 0.1) is 13.8 Å². The summed E-state index contributed by atoms with van der Waals surface area (Å²) in [7, 11) is 0. The summed E-state index contributed by atoms with van der Waals surface area (Å²) in [6.45, 7) is 10.3. The molecule has 0 fully saturated rings. The average molecular weight is 278 g/mol. The third-order valence-corrected chi connectivity index (χ3v) is 4.29. The molecule has 0 aliphatic heterocycles. The highest BCUT2D eigenvalue weighted by Crippen LogP contribution is 2.25. The van der Waals surface area contributed by atoms with Gasteiger partial charge >= 0.3 is 0 Å². The Morgan fingerprint density at radius 1 is 1.37 bits per heavy atom. The predicted octanol–water partition coefficient (Wildman–Crippen LogP) is 2.87. The Kier molecular flexibility index (Phi) is 4.71. The topological polar surface area (TPSA) is 42.7 Å². The molecule has 5 heteroatoms. The lowest BCUT2D eigenvalue weighted by atomic mass is 10.1. The highest BCUT2D eigenvalue weighted by atomic mass is 32.1. The van der Waals surface area contributed by atoms with E-state index in [4.69, 9.17) is 0 Å². The largest absolute Gasteiger partial charge is 0.309 e. The highest BCUT2D eigenvalue weighted by molar-refractivity contribution is 7.09. The van der Waals surface area contributed by atoms with Crippen LogP contribution in [0.15, 0.2) is 11.6 Å². The third kappa shape index (κ3) is 3.22. The first kappa shape index (κ1) is 14.2. The summed E-state index contributed by atoms with van der Waals surface area (Å²) in [6, 6.07) is 2.52. The fraction of sp³-hybridized carbons (Fsp3) is 0.571. The number of likely N-dealkylation sites (N-methyl/N-ethyl adjacent to an activating group) is 1. The number of aryl methyl sites for hydroxylation is 3. The number of aromatic nitrogens is 3. The van der Waals surface area contributed by atoms with Gasteiger partial charge in [-0.2, -0.15) is 5.10 Å². The molecule has 2 rings (SSSR count). The average Bonchev–Trinajstić information content (AvgIpc) is 2.94. The molecule has 0 aliphatic rings. The number of hydrogen-bond acceptors (Lipinski definition) is 4. The minimum absolute atomic E-state index is 0.332. The first-order valence-electron chi connectivity index (χ1n) is 6.82. The molecule has 104 valence electrons. The molecule has 0 amide bonds. The Bertz CT molecular complexity index is 529. The minimum atomic E-state index is 0.332. The van der Waals surface area contributed by atoms with Crippen LogP contribution in [0.1, 0.15) is 41.8 Å². The Morgan fingerprint density at radius 3 is 2.74 bits per heavy atom. The fourth-order valence-electron chi connectivity index (χ4n) is 2.40. The van der Waals surface area contributed by atoms with Gasteiger partial charge in [0.1, 0.15) is 0 Å². The maximum absolute atomic E-state index is 4.52.